The van der Waals surface area contributed by atoms with Gasteiger partial charge in [-0.25, -0.2) is 0 Å². The summed E-state index contributed by atoms with van der Waals surface area (Å²) in [6.07, 6.45) is 0. The zero-order valence-corrected chi connectivity index (χ0v) is 13.3. The van der Waals surface area contributed by atoms with Gasteiger partial charge in [-0.05, 0) is 48.0 Å². The fourth-order valence-electron chi connectivity index (χ4n) is 2.26. The lowest BCUT2D eigenvalue weighted by Crippen LogP contribution is -2.12. The summed E-state index contributed by atoms with van der Waals surface area (Å²) in [6, 6.07) is 11.7. The Morgan fingerprint density at radius 3 is 2.48 bits per heavy atom. The third-order valence-corrected chi connectivity index (χ3v) is 3.56. The normalized spacial score (nSPS) is 10.5. The van der Waals surface area contributed by atoms with Gasteiger partial charge in [-0.15, -0.1) is 0 Å². The Labute approximate surface area is 130 Å². The zero-order chi connectivity index (χ0) is 15.2. The molecule has 0 radical (unpaired) electrons. The first-order valence-corrected chi connectivity index (χ1v) is 7.29. The van der Waals surface area contributed by atoms with Crippen molar-refractivity contribution < 1.29 is 9.47 Å². The van der Waals surface area contributed by atoms with Gasteiger partial charge in [-0.3, -0.25) is 0 Å². The maximum Gasteiger partial charge on any atom is 0.126 e. The van der Waals surface area contributed by atoms with E-state index in [0.717, 1.165) is 41.3 Å². The summed E-state index contributed by atoms with van der Waals surface area (Å²) in [7, 11) is 3.34. The molecule has 21 heavy (non-hydrogen) atoms. The predicted octanol–water partition coefficient (Wildman–Crippen LogP) is 4.13. The van der Waals surface area contributed by atoms with Crippen LogP contribution in [0.3, 0.4) is 0 Å². The fraction of sp³-hybridized carbons (Fsp3) is 0.294. The van der Waals surface area contributed by atoms with E-state index < -0.39 is 0 Å². The van der Waals surface area contributed by atoms with Crippen molar-refractivity contribution in [2.24, 2.45) is 0 Å². The monoisotopic (exact) mass is 305 g/mol. The van der Waals surface area contributed by atoms with Crippen LogP contribution in [0.25, 0.3) is 11.1 Å². The Kier molecular flexibility index (Phi) is 5.48. The van der Waals surface area contributed by atoms with Gasteiger partial charge in [0.05, 0.1) is 14.2 Å². The molecule has 3 nitrogen and oxygen atoms in total. The van der Waals surface area contributed by atoms with Crippen LogP contribution in [-0.2, 0) is 6.54 Å². The van der Waals surface area contributed by atoms with Crippen molar-refractivity contribution in [3.05, 3.63) is 47.0 Å². The molecule has 2 rings (SSSR count). The van der Waals surface area contributed by atoms with Gasteiger partial charge >= 0.3 is 0 Å². The summed E-state index contributed by atoms with van der Waals surface area (Å²) in [5.74, 6) is 1.65. The standard InChI is InChI=1S/C17H20ClNO2/c1-4-19-11-12-9-14(20-2)6-7-15(12)16-10-13(18)5-8-17(16)21-3/h5-10,19H,4,11H2,1-3H3. The molecule has 0 unspecified atom stereocenters. The third kappa shape index (κ3) is 3.69. The minimum atomic E-state index is 0.691. The van der Waals surface area contributed by atoms with E-state index in [1.807, 2.05) is 36.4 Å². The van der Waals surface area contributed by atoms with Gasteiger partial charge in [0.25, 0.3) is 0 Å². The van der Waals surface area contributed by atoms with Crippen molar-refractivity contribution in [3.63, 3.8) is 0 Å². The first-order valence-electron chi connectivity index (χ1n) is 6.91. The average molecular weight is 306 g/mol. The van der Waals surface area contributed by atoms with E-state index in [0.29, 0.717) is 5.02 Å². The number of methoxy groups -OCH3 is 2. The molecule has 2 aromatic carbocycles. The molecule has 112 valence electrons. The van der Waals surface area contributed by atoms with Crippen LogP contribution in [0.5, 0.6) is 11.5 Å². The number of hydrogen-bond acceptors (Lipinski definition) is 3. The molecule has 0 aliphatic carbocycles. The van der Waals surface area contributed by atoms with Gasteiger partial charge < -0.3 is 14.8 Å². The highest BCUT2D eigenvalue weighted by Crippen LogP contribution is 2.36. The van der Waals surface area contributed by atoms with Gasteiger partial charge in [-0.2, -0.15) is 0 Å². The topological polar surface area (TPSA) is 30.5 Å². The van der Waals surface area contributed by atoms with Crippen molar-refractivity contribution in [2.75, 3.05) is 20.8 Å². The van der Waals surface area contributed by atoms with Crippen molar-refractivity contribution in [1.29, 1.82) is 0 Å². The van der Waals surface area contributed by atoms with Crippen LogP contribution in [-0.4, -0.2) is 20.8 Å². The highest BCUT2D eigenvalue weighted by Gasteiger charge is 2.12. The van der Waals surface area contributed by atoms with Crippen LogP contribution in [0.15, 0.2) is 36.4 Å². The molecule has 0 saturated heterocycles. The SMILES string of the molecule is CCNCc1cc(OC)ccc1-c1cc(Cl)ccc1OC. The number of halogens is 1. The highest BCUT2D eigenvalue weighted by molar-refractivity contribution is 6.31. The van der Waals surface area contributed by atoms with E-state index in [2.05, 4.69) is 12.2 Å². The molecule has 0 saturated carbocycles. The predicted molar refractivity (Wildman–Crippen MR) is 87.4 cm³/mol. The largest absolute Gasteiger partial charge is 0.497 e. The molecule has 0 spiro atoms. The molecular weight excluding hydrogens is 286 g/mol. The molecule has 1 N–H and O–H groups in total. The minimum Gasteiger partial charge on any atom is -0.497 e. The number of ether oxygens (including phenoxy) is 2. The van der Waals surface area contributed by atoms with Crippen LogP contribution >= 0.6 is 11.6 Å². The first kappa shape index (κ1) is 15.7. The lowest BCUT2D eigenvalue weighted by Gasteiger charge is -2.15. The first-order chi connectivity index (χ1) is 10.2. The number of hydrogen-bond donors (Lipinski definition) is 1. The molecule has 0 fully saturated rings. The molecule has 0 heterocycles. The Bertz CT molecular complexity index is 614. The second-order valence-electron chi connectivity index (χ2n) is 4.65. The Hall–Kier alpha value is -1.71. The molecule has 0 bridgehead atoms. The quantitative estimate of drug-likeness (QED) is 0.870. The van der Waals surface area contributed by atoms with E-state index in [-0.39, 0.29) is 0 Å². The van der Waals surface area contributed by atoms with E-state index in [1.165, 1.54) is 0 Å². The average Bonchev–Trinajstić information content (AvgIpc) is 2.52. The van der Waals surface area contributed by atoms with Crippen molar-refractivity contribution in [1.82, 2.24) is 5.32 Å². The van der Waals surface area contributed by atoms with Gasteiger partial charge in [0.1, 0.15) is 11.5 Å². The van der Waals surface area contributed by atoms with Crippen LogP contribution in [0, 0.1) is 0 Å². The highest BCUT2D eigenvalue weighted by atomic mass is 35.5. The molecule has 0 atom stereocenters. The molecular formula is C17H20ClNO2. The lowest BCUT2D eigenvalue weighted by molar-refractivity contribution is 0.413. The lowest BCUT2D eigenvalue weighted by atomic mass is 9.98. The molecule has 0 aliphatic heterocycles. The van der Waals surface area contributed by atoms with Crippen LogP contribution in [0.2, 0.25) is 5.02 Å². The zero-order valence-electron chi connectivity index (χ0n) is 12.6. The summed E-state index contributed by atoms with van der Waals surface area (Å²) in [5, 5.41) is 4.04. The summed E-state index contributed by atoms with van der Waals surface area (Å²) >= 11 is 6.14. The maximum atomic E-state index is 6.14. The van der Waals surface area contributed by atoms with Crippen LogP contribution < -0.4 is 14.8 Å². The number of rotatable bonds is 6. The van der Waals surface area contributed by atoms with E-state index in [9.17, 15) is 0 Å². The summed E-state index contributed by atoms with van der Waals surface area (Å²) < 4.78 is 10.8. The Morgan fingerprint density at radius 2 is 1.81 bits per heavy atom. The fourth-order valence-corrected chi connectivity index (χ4v) is 2.43. The van der Waals surface area contributed by atoms with Gasteiger partial charge in [-0.1, -0.05) is 24.6 Å². The van der Waals surface area contributed by atoms with Crippen molar-refractivity contribution >= 4 is 11.6 Å². The molecule has 0 aliphatic rings. The summed E-state index contributed by atoms with van der Waals surface area (Å²) in [4.78, 5) is 0. The molecule has 0 amide bonds. The Morgan fingerprint density at radius 1 is 1.00 bits per heavy atom. The van der Waals surface area contributed by atoms with E-state index in [1.54, 1.807) is 14.2 Å². The maximum absolute atomic E-state index is 6.14. The minimum absolute atomic E-state index is 0.691. The number of nitrogens with one attached hydrogen (secondary N) is 1. The second kappa shape index (κ2) is 7.34. The van der Waals surface area contributed by atoms with Crippen LogP contribution in [0.4, 0.5) is 0 Å². The second-order valence-corrected chi connectivity index (χ2v) is 5.08. The van der Waals surface area contributed by atoms with Gasteiger partial charge in [0, 0.05) is 17.1 Å². The summed E-state index contributed by atoms with van der Waals surface area (Å²) in [6.45, 7) is 3.75. The Balaban J connectivity index is 2.53. The molecule has 2 aromatic rings. The molecule has 0 aromatic heterocycles. The van der Waals surface area contributed by atoms with Gasteiger partial charge in [0.2, 0.25) is 0 Å². The smallest absolute Gasteiger partial charge is 0.126 e. The molecule has 4 heteroatoms. The van der Waals surface area contributed by atoms with Crippen LogP contribution in [0.1, 0.15) is 12.5 Å². The number of benzene rings is 2. The van der Waals surface area contributed by atoms with Crippen molar-refractivity contribution in [2.45, 2.75) is 13.5 Å². The van der Waals surface area contributed by atoms with E-state index >= 15 is 0 Å². The van der Waals surface area contributed by atoms with E-state index in [4.69, 9.17) is 21.1 Å². The van der Waals surface area contributed by atoms with Gasteiger partial charge in [0.15, 0.2) is 0 Å². The summed E-state index contributed by atoms with van der Waals surface area (Å²) in [5.41, 5.74) is 3.23. The third-order valence-electron chi connectivity index (χ3n) is 3.33. The van der Waals surface area contributed by atoms with Crippen molar-refractivity contribution in [3.8, 4) is 22.6 Å².